The zero-order valence-corrected chi connectivity index (χ0v) is 23.7. The summed E-state index contributed by atoms with van der Waals surface area (Å²) in [5, 5.41) is 10.3. The standard InChI is InChI=1S/C32H39N5O3/c1-4-30(38)34-27-12-11-25(19-27)31(39)35-28-20-26(6-5-21(28)2)32(40)37-17-14-23(15-18-37)22-7-9-24(10-8-22)29-13-16-33-36(29)3/h5-10,13,16,20,23,25,27H,4,11-12,14-15,17-19H2,1-3H3,(H,34,38)(H,35,39)/t25-,27+/m0/s1. The third kappa shape index (κ3) is 6.11. The molecule has 2 aliphatic rings. The van der Waals surface area contributed by atoms with Crippen LogP contribution in [0.5, 0.6) is 0 Å². The molecule has 2 heterocycles. The Morgan fingerprint density at radius 3 is 2.40 bits per heavy atom. The van der Waals surface area contributed by atoms with Crippen LogP contribution in [-0.2, 0) is 16.6 Å². The molecule has 3 aromatic rings. The van der Waals surface area contributed by atoms with Crippen LogP contribution in [0.25, 0.3) is 11.3 Å². The van der Waals surface area contributed by atoms with Gasteiger partial charge in [-0.2, -0.15) is 5.10 Å². The Morgan fingerprint density at radius 1 is 0.975 bits per heavy atom. The number of carbonyl (C=O) groups is 3. The van der Waals surface area contributed by atoms with E-state index in [0.29, 0.717) is 43.1 Å². The van der Waals surface area contributed by atoms with Crippen molar-refractivity contribution in [2.45, 2.75) is 64.3 Å². The lowest BCUT2D eigenvalue weighted by Gasteiger charge is -2.32. The maximum atomic E-state index is 13.4. The van der Waals surface area contributed by atoms with Gasteiger partial charge in [0.15, 0.2) is 0 Å². The number of aromatic nitrogens is 2. The molecule has 2 fully saturated rings. The summed E-state index contributed by atoms with van der Waals surface area (Å²) in [5.41, 5.74) is 5.75. The first kappa shape index (κ1) is 27.6. The van der Waals surface area contributed by atoms with Crippen LogP contribution in [0.3, 0.4) is 0 Å². The maximum Gasteiger partial charge on any atom is 0.253 e. The summed E-state index contributed by atoms with van der Waals surface area (Å²) < 4.78 is 1.88. The summed E-state index contributed by atoms with van der Waals surface area (Å²) in [5.74, 6) is 0.267. The SMILES string of the molecule is CCC(=O)N[C@@H]1CC[C@H](C(=O)Nc2cc(C(=O)N3CCC(c4ccc(-c5ccnn5C)cc4)CC3)ccc2C)C1. The third-order valence-electron chi connectivity index (χ3n) is 8.51. The minimum atomic E-state index is -0.141. The lowest BCUT2D eigenvalue weighted by atomic mass is 9.88. The molecular formula is C32H39N5O3. The van der Waals surface area contributed by atoms with Crippen LogP contribution in [0, 0.1) is 12.8 Å². The van der Waals surface area contributed by atoms with Gasteiger partial charge in [0.05, 0.1) is 5.69 Å². The largest absolute Gasteiger partial charge is 0.353 e. The van der Waals surface area contributed by atoms with E-state index < -0.39 is 0 Å². The number of benzene rings is 2. The van der Waals surface area contributed by atoms with Crippen molar-refractivity contribution >= 4 is 23.4 Å². The average molecular weight is 542 g/mol. The molecule has 1 aliphatic heterocycles. The Labute approximate surface area is 236 Å². The highest BCUT2D eigenvalue weighted by Crippen LogP contribution is 2.31. The van der Waals surface area contributed by atoms with Gasteiger partial charge in [-0.3, -0.25) is 19.1 Å². The van der Waals surface area contributed by atoms with Crippen molar-refractivity contribution in [3.8, 4) is 11.3 Å². The monoisotopic (exact) mass is 541 g/mol. The first-order valence-corrected chi connectivity index (χ1v) is 14.4. The highest BCUT2D eigenvalue weighted by Gasteiger charge is 2.31. The molecule has 1 aliphatic carbocycles. The Balaban J connectivity index is 1.17. The van der Waals surface area contributed by atoms with Crippen LogP contribution in [0.1, 0.15) is 72.9 Å². The number of hydrogen-bond donors (Lipinski definition) is 2. The minimum Gasteiger partial charge on any atom is -0.353 e. The van der Waals surface area contributed by atoms with Gasteiger partial charge in [0.25, 0.3) is 5.91 Å². The Kier molecular flexibility index (Phi) is 8.33. The average Bonchev–Trinajstić information content (AvgIpc) is 3.63. The highest BCUT2D eigenvalue weighted by atomic mass is 16.2. The van der Waals surface area contributed by atoms with E-state index in [1.54, 1.807) is 0 Å². The van der Waals surface area contributed by atoms with Crippen LogP contribution in [0.4, 0.5) is 5.69 Å². The number of carbonyl (C=O) groups excluding carboxylic acids is 3. The van der Waals surface area contributed by atoms with Gasteiger partial charge in [-0.05, 0) is 79.8 Å². The van der Waals surface area contributed by atoms with Crippen molar-refractivity contribution in [2.24, 2.45) is 13.0 Å². The van der Waals surface area contributed by atoms with Crippen molar-refractivity contribution in [3.05, 3.63) is 71.4 Å². The van der Waals surface area contributed by atoms with Crippen molar-refractivity contribution in [2.75, 3.05) is 18.4 Å². The second-order valence-corrected chi connectivity index (χ2v) is 11.2. The molecule has 0 unspecified atom stereocenters. The van der Waals surface area contributed by atoms with Gasteiger partial charge in [-0.25, -0.2) is 0 Å². The summed E-state index contributed by atoms with van der Waals surface area (Å²) in [7, 11) is 1.95. The number of hydrogen-bond acceptors (Lipinski definition) is 4. The summed E-state index contributed by atoms with van der Waals surface area (Å²) in [6.07, 6.45) is 6.31. The molecule has 3 amide bonds. The molecule has 0 bridgehead atoms. The second kappa shape index (κ2) is 12.1. The predicted octanol–water partition coefficient (Wildman–Crippen LogP) is 5.05. The normalized spacial score (nSPS) is 19.4. The van der Waals surface area contributed by atoms with E-state index in [-0.39, 0.29) is 29.7 Å². The number of anilines is 1. The molecule has 1 saturated carbocycles. The molecule has 1 aromatic heterocycles. The molecule has 2 atom stereocenters. The van der Waals surface area contributed by atoms with Gasteiger partial charge in [-0.15, -0.1) is 0 Å². The van der Waals surface area contributed by atoms with Gasteiger partial charge in [0.1, 0.15) is 0 Å². The number of amides is 3. The first-order chi connectivity index (χ1) is 19.3. The van der Waals surface area contributed by atoms with Crippen LogP contribution in [0.2, 0.25) is 0 Å². The molecule has 5 rings (SSSR count). The van der Waals surface area contributed by atoms with Gasteiger partial charge < -0.3 is 15.5 Å². The van der Waals surface area contributed by atoms with Crippen LogP contribution in [0.15, 0.2) is 54.7 Å². The van der Waals surface area contributed by atoms with Crippen molar-refractivity contribution < 1.29 is 14.4 Å². The second-order valence-electron chi connectivity index (χ2n) is 11.2. The van der Waals surface area contributed by atoms with Crippen LogP contribution >= 0.6 is 0 Å². The quantitative estimate of drug-likeness (QED) is 0.438. The fraction of sp³-hybridized carbons (Fsp3) is 0.438. The van der Waals surface area contributed by atoms with E-state index >= 15 is 0 Å². The van der Waals surface area contributed by atoms with Crippen molar-refractivity contribution in [1.29, 1.82) is 0 Å². The van der Waals surface area contributed by atoms with Crippen LogP contribution in [-0.4, -0.2) is 51.5 Å². The predicted molar refractivity (Wildman–Crippen MR) is 156 cm³/mol. The molecular weight excluding hydrogens is 502 g/mol. The van der Waals surface area contributed by atoms with Crippen molar-refractivity contribution in [3.63, 3.8) is 0 Å². The number of piperidine rings is 1. The number of nitrogens with zero attached hydrogens (tertiary/aromatic N) is 3. The van der Waals surface area contributed by atoms with Gasteiger partial charge in [0.2, 0.25) is 11.8 Å². The topological polar surface area (TPSA) is 96.3 Å². The Bertz CT molecular complexity index is 1370. The molecule has 210 valence electrons. The molecule has 2 N–H and O–H groups in total. The fourth-order valence-electron chi connectivity index (χ4n) is 5.99. The van der Waals surface area contributed by atoms with E-state index in [2.05, 4.69) is 40.0 Å². The zero-order chi connectivity index (χ0) is 28.2. The summed E-state index contributed by atoms with van der Waals surface area (Å²) in [6, 6.07) is 16.3. The van der Waals surface area contributed by atoms with Gasteiger partial charge in [0, 0.05) is 56.0 Å². The fourth-order valence-corrected chi connectivity index (χ4v) is 5.99. The minimum absolute atomic E-state index is 0.00344. The Hall–Kier alpha value is -3.94. The van der Waals surface area contributed by atoms with E-state index in [1.807, 2.05) is 60.9 Å². The third-order valence-corrected chi connectivity index (χ3v) is 8.51. The summed E-state index contributed by atoms with van der Waals surface area (Å²) >= 11 is 0. The van der Waals surface area contributed by atoms with Gasteiger partial charge >= 0.3 is 0 Å². The summed E-state index contributed by atoms with van der Waals surface area (Å²) in [6.45, 7) is 5.18. The number of nitrogens with one attached hydrogen (secondary N) is 2. The van der Waals surface area contributed by atoms with E-state index in [0.717, 1.165) is 42.5 Å². The lowest BCUT2D eigenvalue weighted by molar-refractivity contribution is -0.122. The summed E-state index contributed by atoms with van der Waals surface area (Å²) in [4.78, 5) is 40.0. The molecule has 8 nitrogen and oxygen atoms in total. The lowest BCUT2D eigenvalue weighted by Crippen LogP contribution is -2.38. The Morgan fingerprint density at radius 2 is 1.73 bits per heavy atom. The molecule has 2 aromatic carbocycles. The first-order valence-electron chi connectivity index (χ1n) is 14.4. The molecule has 40 heavy (non-hydrogen) atoms. The number of aryl methyl sites for hydroxylation is 2. The van der Waals surface area contributed by atoms with E-state index in [4.69, 9.17) is 0 Å². The number of likely N-dealkylation sites (tertiary alicyclic amines) is 1. The van der Waals surface area contributed by atoms with Gasteiger partial charge in [-0.1, -0.05) is 37.3 Å². The molecule has 0 radical (unpaired) electrons. The molecule has 1 saturated heterocycles. The van der Waals surface area contributed by atoms with E-state index in [1.165, 1.54) is 5.56 Å². The highest BCUT2D eigenvalue weighted by molar-refractivity contribution is 5.98. The molecule has 0 spiro atoms. The zero-order valence-electron chi connectivity index (χ0n) is 23.7. The molecule has 8 heteroatoms. The van der Waals surface area contributed by atoms with Crippen LogP contribution < -0.4 is 10.6 Å². The smallest absolute Gasteiger partial charge is 0.253 e. The van der Waals surface area contributed by atoms with E-state index in [9.17, 15) is 14.4 Å². The van der Waals surface area contributed by atoms with Crippen molar-refractivity contribution in [1.82, 2.24) is 20.0 Å². The maximum absolute atomic E-state index is 13.4. The number of rotatable bonds is 7.